The van der Waals surface area contributed by atoms with Crippen molar-refractivity contribution in [3.8, 4) is 0 Å². The predicted molar refractivity (Wildman–Crippen MR) is 132 cm³/mol. The molecule has 186 valence electrons. The monoisotopic (exact) mass is 442 g/mol. The Morgan fingerprint density at radius 1 is 0.452 bits per heavy atom. The largest absolute Gasteiger partial charge is 0.463 e. The van der Waals surface area contributed by atoms with Crippen LogP contribution in [0.25, 0.3) is 0 Å². The molecule has 0 radical (unpaired) electrons. The highest BCUT2D eigenvalue weighted by molar-refractivity contribution is 5.69. The van der Waals surface area contributed by atoms with Crippen molar-refractivity contribution in [3.05, 3.63) is 0 Å². The van der Waals surface area contributed by atoms with E-state index in [4.69, 9.17) is 14.2 Å². The van der Waals surface area contributed by atoms with Gasteiger partial charge in [0, 0.05) is 13.0 Å². The summed E-state index contributed by atoms with van der Waals surface area (Å²) in [7, 11) is 0. The first kappa shape index (κ1) is 30.4. The minimum Gasteiger partial charge on any atom is -0.463 e. The Balaban J connectivity index is 3.08. The lowest BCUT2D eigenvalue weighted by Crippen LogP contribution is -2.13. The third kappa shape index (κ3) is 27.4. The Morgan fingerprint density at radius 2 is 0.839 bits per heavy atom. The Bertz CT molecular complexity index is 346. The Kier molecular flexibility index (Phi) is 26.9. The van der Waals surface area contributed by atoms with Crippen molar-refractivity contribution in [2.24, 2.45) is 0 Å². The van der Waals surface area contributed by atoms with Gasteiger partial charge in [-0.25, -0.2) is 0 Å². The second-order valence-electron chi connectivity index (χ2n) is 8.85. The highest BCUT2D eigenvalue weighted by Crippen LogP contribution is 2.12. The SMILES string of the molecule is CCCCCCCCCCCCCCCOCCOCCOC(=O)CCCCCCC. The number of carbonyl (C=O) groups excluding carboxylic acids is 1. The lowest BCUT2D eigenvalue weighted by molar-refractivity contribution is -0.145. The van der Waals surface area contributed by atoms with E-state index in [2.05, 4.69) is 13.8 Å². The summed E-state index contributed by atoms with van der Waals surface area (Å²) in [5.74, 6) is -0.0984. The zero-order chi connectivity index (χ0) is 22.7. The molecule has 0 saturated heterocycles. The first-order valence-corrected chi connectivity index (χ1v) is 13.6. The fourth-order valence-electron chi connectivity index (χ4n) is 3.70. The van der Waals surface area contributed by atoms with Gasteiger partial charge in [-0.3, -0.25) is 4.79 Å². The van der Waals surface area contributed by atoms with Crippen LogP contribution < -0.4 is 0 Å². The minimum atomic E-state index is -0.0984. The van der Waals surface area contributed by atoms with Crippen LogP contribution in [-0.4, -0.2) is 39.0 Å². The quantitative estimate of drug-likeness (QED) is 0.100. The van der Waals surface area contributed by atoms with Crippen LogP contribution in [-0.2, 0) is 19.0 Å². The van der Waals surface area contributed by atoms with E-state index in [-0.39, 0.29) is 5.97 Å². The maximum atomic E-state index is 11.6. The average molecular weight is 443 g/mol. The molecule has 0 saturated carbocycles. The van der Waals surface area contributed by atoms with Gasteiger partial charge < -0.3 is 14.2 Å². The van der Waals surface area contributed by atoms with Gasteiger partial charge in [0.15, 0.2) is 0 Å². The number of ether oxygens (including phenoxy) is 3. The highest BCUT2D eigenvalue weighted by Gasteiger charge is 2.02. The van der Waals surface area contributed by atoms with Gasteiger partial charge in [-0.15, -0.1) is 0 Å². The average Bonchev–Trinajstić information content (AvgIpc) is 2.77. The summed E-state index contributed by atoms with van der Waals surface area (Å²) in [6.45, 7) is 7.32. The molecule has 0 spiro atoms. The molecule has 0 atom stereocenters. The van der Waals surface area contributed by atoms with Gasteiger partial charge in [0.2, 0.25) is 0 Å². The molecule has 4 nitrogen and oxygen atoms in total. The van der Waals surface area contributed by atoms with Crippen LogP contribution in [0.3, 0.4) is 0 Å². The highest BCUT2D eigenvalue weighted by atomic mass is 16.6. The predicted octanol–water partition coefficient (Wildman–Crippen LogP) is 8.01. The third-order valence-corrected chi connectivity index (χ3v) is 5.74. The molecule has 0 N–H and O–H groups in total. The first-order valence-electron chi connectivity index (χ1n) is 13.6. The molecule has 4 heteroatoms. The van der Waals surface area contributed by atoms with Crippen molar-refractivity contribution in [1.29, 1.82) is 0 Å². The topological polar surface area (TPSA) is 44.8 Å². The summed E-state index contributed by atoms with van der Waals surface area (Å²) in [5.41, 5.74) is 0. The number of unbranched alkanes of at least 4 members (excludes halogenated alkanes) is 16. The van der Waals surface area contributed by atoms with Gasteiger partial charge in [-0.05, 0) is 12.8 Å². The standard InChI is InChI=1S/C27H54O4/c1-3-5-7-9-10-11-12-13-14-15-16-18-20-22-29-23-24-30-25-26-31-27(28)21-19-17-8-6-4-2/h3-26H2,1-2H3. The van der Waals surface area contributed by atoms with E-state index in [9.17, 15) is 4.79 Å². The molecule has 0 bridgehead atoms. The van der Waals surface area contributed by atoms with E-state index in [1.54, 1.807) is 0 Å². The van der Waals surface area contributed by atoms with Crippen LogP contribution in [0.15, 0.2) is 0 Å². The molecule has 0 fully saturated rings. The number of hydrogen-bond acceptors (Lipinski definition) is 4. The molecule has 31 heavy (non-hydrogen) atoms. The molecule has 0 heterocycles. The van der Waals surface area contributed by atoms with E-state index in [1.165, 1.54) is 96.3 Å². The molecule has 0 rings (SSSR count). The normalized spacial score (nSPS) is 11.2. The van der Waals surface area contributed by atoms with Crippen LogP contribution in [0.4, 0.5) is 0 Å². The van der Waals surface area contributed by atoms with Crippen LogP contribution in [0.1, 0.15) is 136 Å². The van der Waals surface area contributed by atoms with Crippen LogP contribution >= 0.6 is 0 Å². The summed E-state index contributed by atoms with van der Waals surface area (Å²) >= 11 is 0. The summed E-state index contributed by atoms with van der Waals surface area (Å²) in [5, 5.41) is 0. The molecule has 0 aliphatic heterocycles. The second-order valence-corrected chi connectivity index (χ2v) is 8.85. The van der Waals surface area contributed by atoms with E-state index >= 15 is 0 Å². The van der Waals surface area contributed by atoms with Crippen LogP contribution in [0.5, 0.6) is 0 Å². The van der Waals surface area contributed by atoms with Gasteiger partial charge in [0.25, 0.3) is 0 Å². The Morgan fingerprint density at radius 3 is 1.35 bits per heavy atom. The fraction of sp³-hybridized carbons (Fsp3) is 0.963. The van der Waals surface area contributed by atoms with Crippen molar-refractivity contribution in [1.82, 2.24) is 0 Å². The van der Waals surface area contributed by atoms with Gasteiger partial charge in [0.1, 0.15) is 6.61 Å². The van der Waals surface area contributed by atoms with Crippen molar-refractivity contribution in [3.63, 3.8) is 0 Å². The molecule has 0 aliphatic rings. The third-order valence-electron chi connectivity index (χ3n) is 5.74. The Labute approximate surface area is 194 Å². The van der Waals surface area contributed by atoms with Crippen molar-refractivity contribution in [2.45, 2.75) is 136 Å². The molecular weight excluding hydrogens is 388 g/mol. The summed E-state index contributed by atoms with van der Waals surface area (Å²) in [6, 6.07) is 0. The van der Waals surface area contributed by atoms with Crippen LogP contribution in [0.2, 0.25) is 0 Å². The number of hydrogen-bond donors (Lipinski definition) is 0. The molecule has 0 aromatic carbocycles. The smallest absolute Gasteiger partial charge is 0.305 e. The van der Waals surface area contributed by atoms with Crippen molar-refractivity contribution in [2.75, 3.05) is 33.0 Å². The molecule has 0 aromatic rings. The summed E-state index contributed by atoms with van der Waals surface area (Å²) in [4.78, 5) is 11.6. The number of esters is 1. The number of carbonyl (C=O) groups is 1. The first-order chi connectivity index (χ1) is 15.3. The van der Waals surface area contributed by atoms with Gasteiger partial charge in [0.05, 0.1) is 19.8 Å². The molecule has 0 amide bonds. The molecule has 0 aliphatic carbocycles. The Hall–Kier alpha value is -0.610. The van der Waals surface area contributed by atoms with E-state index in [0.717, 1.165) is 25.9 Å². The van der Waals surface area contributed by atoms with E-state index in [1.807, 2.05) is 0 Å². The van der Waals surface area contributed by atoms with Gasteiger partial charge >= 0.3 is 5.97 Å². The number of rotatable bonds is 26. The summed E-state index contributed by atoms with van der Waals surface area (Å²) in [6.07, 6.45) is 24.1. The maximum Gasteiger partial charge on any atom is 0.305 e. The lowest BCUT2D eigenvalue weighted by Gasteiger charge is -2.07. The van der Waals surface area contributed by atoms with Gasteiger partial charge in [-0.1, -0.05) is 117 Å². The lowest BCUT2D eigenvalue weighted by atomic mass is 10.0. The molecule has 0 unspecified atom stereocenters. The van der Waals surface area contributed by atoms with E-state index in [0.29, 0.717) is 32.8 Å². The molecular formula is C27H54O4. The summed E-state index contributed by atoms with van der Waals surface area (Å²) < 4.78 is 16.2. The minimum absolute atomic E-state index is 0.0984. The maximum absolute atomic E-state index is 11.6. The zero-order valence-electron chi connectivity index (χ0n) is 21.1. The van der Waals surface area contributed by atoms with Crippen molar-refractivity contribution >= 4 is 5.97 Å². The molecule has 0 aromatic heterocycles. The second kappa shape index (κ2) is 27.4. The van der Waals surface area contributed by atoms with Crippen molar-refractivity contribution < 1.29 is 19.0 Å². The zero-order valence-corrected chi connectivity index (χ0v) is 21.1. The fourth-order valence-corrected chi connectivity index (χ4v) is 3.70. The van der Waals surface area contributed by atoms with Gasteiger partial charge in [-0.2, -0.15) is 0 Å². The van der Waals surface area contributed by atoms with Crippen LogP contribution in [0, 0.1) is 0 Å². The van der Waals surface area contributed by atoms with E-state index < -0.39 is 0 Å².